The monoisotopic (exact) mass is 400 g/mol. The number of carbonyl (C=O) groups is 2. The number of ether oxygens (including phenoxy) is 2. The standard InChI is InChI=1S/C19H23F3N2O4/c1-23(12-19(20,21)22)17(25)11-24-6-4-13(5-7-24)18(26)14-2-3-15-16(10-14)28-9-8-27-15/h2-3,10,13H,4-9,11-12H2,1H3. The molecule has 2 aliphatic heterocycles. The van der Waals surface area contributed by atoms with Crippen molar-refractivity contribution in [3.63, 3.8) is 0 Å². The van der Waals surface area contributed by atoms with E-state index in [9.17, 15) is 22.8 Å². The number of carbonyl (C=O) groups excluding carboxylic acids is 2. The fourth-order valence-corrected chi connectivity index (χ4v) is 3.45. The number of likely N-dealkylation sites (tertiary alicyclic amines) is 1. The third kappa shape index (κ3) is 5.15. The number of Topliss-reactive ketones (excluding diaryl/α,β-unsaturated/α-hetero) is 1. The molecule has 1 aromatic rings. The Hall–Kier alpha value is -2.29. The highest BCUT2D eigenvalue weighted by atomic mass is 19.4. The van der Waals surface area contributed by atoms with Crippen molar-refractivity contribution in [1.82, 2.24) is 9.80 Å². The molecule has 1 saturated heterocycles. The topological polar surface area (TPSA) is 59.1 Å². The largest absolute Gasteiger partial charge is 0.486 e. The zero-order valence-electron chi connectivity index (χ0n) is 15.6. The van der Waals surface area contributed by atoms with E-state index >= 15 is 0 Å². The maximum Gasteiger partial charge on any atom is 0.406 e. The molecule has 28 heavy (non-hydrogen) atoms. The predicted molar refractivity (Wildman–Crippen MR) is 94.6 cm³/mol. The molecule has 0 radical (unpaired) electrons. The second kappa shape index (κ2) is 8.38. The van der Waals surface area contributed by atoms with Crippen LogP contribution in [-0.4, -0.2) is 74.1 Å². The van der Waals surface area contributed by atoms with Gasteiger partial charge < -0.3 is 14.4 Å². The molecular formula is C19H23F3N2O4. The highest BCUT2D eigenvalue weighted by Crippen LogP contribution is 2.32. The summed E-state index contributed by atoms with van der Waals surface area (Å²) in [7, 11) is 1.15. The van der Waals surface area contributed by atoms with Gasteiger partial charge >= 0.3 is 6.18 Å². The number of alkyl halides is 3. The van der Waals surface area contributed by atoms with Crippen LogP contribution in [0.25, 0.3) is 0 Å². The molecule has 0 atom stereocenters. The molecule has 0 unspecified atom stereocenters. The van der Waals surface area contributed by atoms with Crippen LogP contribution in [0.1, 0.15) is 23.2 Å². The second-order valence-electron chi connectivity index (χ2n) is 7.14. The van der Waals surface area contributed by atoms with E-state index in [1.807, 2.05) is 0 Å². The predicted octanol–water partition coefficient (Wildman–Crippen LogP) is 2.37. The number of fused-ring (bicyclic) bond motifs is 1. The fraction of sp³-hybridized carbons (Fsp3) is 0.579. The quantitative estimate of drug-likeness (QED) is 0.711. The van der Waals surface area contributed by atoms with E-state index in [2.05, 4.69) is 0 Å². The number of amides is 1. The Labute approximate surface area is 161 Å². The summed E-state index contributed by atoms with van der Waals surface area (Å²) in [5.74, 6) is 0.444. The van der Waals surface area contributed by atoms with Gasteiger partial charge in [0.2, 0.25) is 5.91 Å². The molecular weight excluding hydrogens is 377 g/mol. The highest BCUT2D eigenvalue weighted by Gasteiger charge is 2.32. The van der Waals surface area contributed by atoms with Crippen LogP contribution in [0.15, 0.2) is 18.2 Å². The van der Waals surface area contributed by atoms with Crippen molar-refractivity contribution in [3.05, 3.63) is 23.8 Å². The molecule has 0 spiro atoms. The van der Waals surface area contributed by atoms with E-state index < -0.39 is 18.6 Å². The van der Waals surface area contributed by atoms with Gasteiger partial charge in [-0.15, -0.1) is 0 Å². The second-order valence-corrected chi connectivity index (χ2v) is 7.14. The molecule has 154 valence electrons. The summed E-state index contributed by atoms with van der Waals surface area (Å²) < 4.78 is 48.1. The average Bonchev–Trinajstić information content (AvgIpc) is 2.66. The van der Waals surface area contributed by atoms with Gasteiger partial charge in [-0.05, 0) is 44.1 Å². The highest BCUT2D eigenvalue weighted by molar-refractivity contribution is 5.98. The van der Waals surface area contributed by atoms with E-state index in [1.165, 1.54) is 0 Å². The van der Waals surface area contributed by atoms with Crippen molar-refractivity contribution >= 4 is 11.7 Å². The van der Waals surface area contributed by atoms with Gasteiger partial charge in [-0.2, -0.15) is 13.2 Å². The Morgan fingerprint density at radius 2 is 1.79 bits per heavy atom. The van der Waals surface area contributed by atoms with Crippen LogP contribution in [-0.2, 0) is 4.79 Å². The lowest BCUT2D eigenvalue weighted by atomic mass is 9.88. The molecule has 3 rings (SSSR count). The number of nitrogens with zero attached hydrogens (tertiary/aromatic N) is 2. The molecule has 0 N–H and O–H groups in total. The van der Waals surface area contributed by atoms with Crippen LogP contribution in [0.3, 0.4) is 0 Å². The molecule has 1 fully saturated rings. The van der Waals surface area contributed by atoms with E-state index in [0.717, 1.165) is 7.05 Å². The number of halogens is 3. The lowest BCUT2D eigenvalue weighted by molar-refractivity contribution is -0.159. The first kappa shape index (κ1) is 20.4. The lowest BCUT2D eigenvalue weighted by Gasteiger charge is -2.32. The Balaban J connectivity index is 1.51. The molecule has 9 heteroatoms. The summed E-state index contributed by atoms with van der Waals surface area (Å²) in [6.07, 6.45) is -3.29. The maximum atomic E-state index is 12.8. The van der Waals surface area contributed by atoms with Crippen LogP contribution < -0.4 is 9.47 Å². The van der Waals surface area contributed by atoms with E-state index in [4.69, 9.17) is 9.47 Å². The molecule has 1 aromatic carbocycles. The van der Waals surface area contributed by atoms with Gasteiger partial charge in [-0.1, -0.05) is 0 Å². The summed E-state index contributed by atoms with van der Waals surface area (Å²) in [6, 6.07) is 5.14. The van der Waals surface area contributed by atoms with Crippen molar-refractivity contribution in [1.29, 1.82) is 0 Å². The summed E-state index contributed by atoms with van der Waals surface area (Å²) in [5, 5.41) is 0. The van der Waals surface area contributed by atoms with Crippen LogP contribution >= 0.6 is 0 Å². The molecule has 2 heterocycles. The third-order valence-corrected chi connectivity index (χ3v) is 4.99. The van der Waals surface area contributed by atoms with Crippen molar-refractivity contribution in [3.8, 4) is 11.5 Å². The number of benzene rings is 1. The average molecular weight is 400 g/mol. The van der Waals surface area contributed by atoms with Gasteiger partial charge in [-0.25, -0.2) is 0 Å². The first-order chi connectivity index (χ1) is 13.2. The minimum atomic E-state index is -4.41. The zero-order chi connectivity index (χ0) is 20.3. The Morgan fingerprint density at radius 1 is 1.14 bits per heavy atom. The Morgan fingerprint density at radius 3 is 2.43 bits per heavy atom. The molecule has 0 aromatic heterocycles. The number of hydrogen-bond acceptors (Lipinski definition) is 5. The first-order valence-corrected chi connectivity index (χ1v) is 9.20. The molecule has 0 saturated carbocycles. The van der Waals surface area contributed by atoms with Crippen LogP contribution in [0.2, 0.25) is 0 Å². The number of rotatable bonds is 5. The smallest absolute Gasteiger partial charge is 0.406 e. The van der Waals surface area contributed by atoms with Crippen LogP contribution in [0, 0.1) is 5.92 Å². The van der Waals surface area contributed by atoms with Gasteiger partial charge in [0.15, 0.2) is 17.3 Å². The number of ketones is 1. The van der Waals surface area contributed by atoms with Gasteiger partial charge in [0.1, 0.15) is 19.8 Å². The van der Waals surface area contributed by atoms with Gasteiger partial charge in [-0.3, -0.25) is 14.5 Å². The molecule has 1 amide bonds. The Bertz CT molecular complexity index is 730. The molecule has 6 nitrogen and oxygen atoms in total. The Kier molecular flexibility index (Phi) is 6.12. The van der Waals surface area contributed by atoms with E-state index in [1.54, 1.807) is 23.1 Å². The number of likely N-dealkylation sites (N-methyl/N-ethyl adjacent to an activating group) is 1. The summed E-state index contributed by atoms with van der Waals surface area (Å²) in [6.45, 7) is 0.580. The van der Waals surface area contributed by atoms with Gasteiger partial charge in [0.25, 0.3) is 0 Å². The zero-order valence-corrected chi connectivity index (χ0v) is 15.6. The SMILES string of the molecule is CN(CC(F)(F)F)C(=O)CN1CCC(C(=O)c2ccc3c(c2)OCCO3)CC1. The van der Waals surface area contributed by atoms with Crippen molar-refractivity contribution in [2.75, 3.05) is 46.4 Å². The van der Waals surface area contributed by atoms with Crippen LogP contribution in [0.4, 0.5) is 13.2 Å². The minimum Gasteiger partial charge on any atom is -0.486 e. The number of hydrogen-bond donors (Lipinski definition) is 0. The van der Waals surface area contributed by atoms with Gasteiger partial charge in [0, 0.05) is 18.5 Å². The van der Waals surface area contributed by atoms with E-state index in [0.29, 0.717) is 61.1 Å². The molecule has 2 aliphatic rings. The summed E-state index contributed by atoms with van der Waals surface area (Å²) >= 11 is 0. The van der Waals surface area contributed by atoms with Crippen molar-refractivity contribution in [2.24, 2.45) is 5.92 Å². The van der Waals surface area contributed by atoms with Crippen molar-refractivity contribution in [2.45, 2.75) is 19.0 Å². The summed E-state index contributed by atoms with van der Waals surface area (Å²) in [5.41, 5.74) is 0.559. The van der Waals surface area contributed by atoms with Gasteiger partial charge in [0.05, 0.1) is 6.54 Å². The fourth-order valence-electron chi connectivity index (χ4n) is 3.45. The van der Waals surface area contributed by atoms with Crippen LogP contribution in [0.5, 0.6) is 11.5 Å². The minimum absolute atomic E-state index is 0.0112. The maximum absolute atomic E-state index is 12.8. The lowest BCUT2D eigenvalue weighted by Crippen LogP contribution is -2.45. The first-order valence-electron chi connectivity index (χ1n) is 9.20. The number of piperidine rings is 1. The van der Waals surface area contributed by atoms with E-state index in [-0.39, 0.29) is 18.2 Å². The third-order valence-electron chi connectivity index (χ3n) is 4.99. The molecule has 0 bridgehead atoms. The van der Waals surface area contributed by atoms with Crippen molar-refractivity contribution < 1.29 is 32.2 Å². The normalized spacial score (nSPS) is 18.0. The summed E-state index contributed by atoms with van der Waals surface area (Å²) in [4.78, 5) is 27.2. The molecule has 0 aliphatic carbocycles.